The molecule has 5 nitrogen and oxygen atoms in total. The van der Waals surface area contributed by atoms with E-state index in [1.807, 2.05) is 6.92 Å². The van der Waals surface area contributed by atoms with Gasteiger partial charge in [0, 0.05) is 17.3 Å². The third-order valence-corrected chi connectivity index (χ3v) is 8.43. The van der Waals surface area contributed by atoms with Crippen LogP contribution in [0.1, 0.15) is 45.4 Å². The number of carbonyl (C=O) groups excluding carboxylic acids is 1. The minimum atomic E-state index is -0.882. The molecular weight excluding hydrogens is 308 g/mol. The van der Waals surface area contributed by atoms with E-state index in [0.717, 1.165) is 31.3 Å². The number of aliphatic carboxylic acids is 1. The molecule has 0 aromatic heterocycles. The molecule has 4 aliphatic carbocycles. The largest absolute Gasteiger partial charge is 0.481 e. The number of carboxylic acid groups (broad SMARTS) is 1. The van der Waals surface area contributed by atoms with Crippen LogP contribution in [0, 0.1) is 34.5 Å². The SMILES string of the molecule is C=C1C2CCC3C45CCCC(C)(C(=O)O4)C5C(C(=O)O)C3(C2)C1O. The minimum absolute atomic E-state index is 0.0623. The summed E-state index contributed by atoms with van der Waals surface area (Å²) in [7, 11) is 0. The highest BCUT2D eigenvalue weighted by molar-refractivity contribution is 5.84. The molecule has 0 radical (unpaired) electrons. The second kappa shape index (κ2) is 4.06. The smallest absolute Gasteiger partial charge is 0.312 e. The van der Waals surface area contributed by atoms with Crippen LogP contribution in [0.3, 0.4) is 0 Å². The lowest BCUT2D eigenvalue weighted by molar-refractivity contribution is -0.164. The van der Waals surface area contributed by atoms with Gasteiger partial charge in [0.2, 0.25) is 0 Å². The molecule has 4 bridgehead atoms. The first kappa shape index (κ1) is 14.9. The van der Waals surface area contributed by atoms with Crippen LogP contribution in [-0.4, -0.2) is 33.9 Å². The van der Waals surface area contributed by atoms with Crippen LogP contribution in [0.2, 0.25) is 0 Å². The number of carbonyl (C=O) groups is 2. The summed E-state index contributed by atoms with van der Waals surface area (Å²) in [5, 5.41) is 21.2. The quantitative estimate of drug-likeness (QED) is 0.568. The first-order valence-corrected chi connectivity index (χ1v) is 9.12. The van der Waals surface area contributed by atoms with Crippen molar-refractivity contribution in [2.75, 3.05) is 0 Å². The average Bonchev–Trinajstić information content (AvgIpc) is 2.94. The molecule has 2 N–H and O–H groups in total. The van der Waals surface area contributed by atoms with E-state index in [1.54, 1.807) is 0 Å². The Morgan fingerprint density at radius 3 is 2.79 bits per heavy atom. The lowest BCUT2D eigenvalue weighted by atomic mass is 9.60. The summed E-state index contributed by atoms with van der Waals surface area (Å²) >= 11 is 0. The molecule has 1 spiro atoms. The van der Waals surface area contributed by atoms with Crippen molar-refractivity contribution < 1.29 is 24.5 Å². The topological polar surface area (TPSA) is 83.8 Å². The van der Waals surface area contributed by atoms with E-state index in [9.17, 15) is 19.8 Å². The summed E-state index contributed by atoms with van der Waals surface area (Å²) in [5.41, 5.74) is -1.33. The Bertz CT molecular complexity index is 685. The van der Waals surface area contributed by atoms with E-state index in [-0.39, 0.29) is 23.7 Å². The monoisotopic (exact) mass is 332 g/mol. The van der Waals surface area contributed by atoms with Gasteiger partial charge in [-0.05, 0) is 56.9 Å². The molecule has 5 aliphatic rings. The summed E-state index contributed by atoms with van der Waals surface area (Å²) in [4.78, 5) is 25.1. The number of aliphatic hydroxyl groups excluding tert-OH is 1. The molecule has 5 rings (SSSR count). The maximum Gasteiger partial charge on any atom is 0.312 e. The van der Waals surface area contributed by atoms with Gasteiger partial charge in [-0.25, -0.2) is 0 Å². The van der Waals surface area contributed by atoms with Gasteiger partial charge in [0.15, 0.2) is 0 Å². The van der Waals surface area contributed by atoms with Gasteiger partial charge in [0.05, 0.1) is 17.4 Å². The second-order valence-corrected chi connectivity index (χ2v) is 9.03. The average molecular weight is 332 g/mol. The molecule has 8 unspecified atom stereocenters. The first-order valence-electron chi connectivity index (χ1n) is 9.12. The number of carboxylic acids is 1. The predicted molar refractivity (Wildman–Crippen MR) is 83.8 cm³/mol. The molecule has 0 amide bonds. The highest BCUT2D eigenvalue weighted by Crippen LogP contribution is 2.77. The summed E-state index contributed by atoms with van der Waals surface area (Å²) in [6.07, 6.45) is 3.93. The molecule has 130 valence electrons. The van der Waals surface area contributed by atoms with Gasteiger partial charge in [-0.15, -0.1) is 0 Å². The maximum absolute atomic E-state index is 12.7. The van der Waals surface area contributed by atoms with Crippen LogP contribution in [0.15, 0.2) is 12.2 Å². The van der Waals surface area contributed by atoms with E-state index < -0.39 is 34.4 Å². The van der Waals surface area contributed by atoms with Gasteiger partial charge in [-0.1, -0.05) is 6.58 Å². The van der Waals surface area contributed by atoms with Crippen LogP contribution >= 0.6 is 0 Å². The van der Waals surface area contributed by atoms with E-state index in [0.29, 0.717) is 12.8 Å². The number of fused-ring (bicyclic) bond motifs is 1. The summed E-state index contributed by atoms with van der Waals surface area (Å²) < 4.78 is 6.04. The molecule has 8 atom stereocenters. The van der Waals surface area contributed by atoms with E-state index in [1.165, 1.54) is 0 Å². The van der Waals surface area contributed by atoms with Crippen molar-refractivity contribution in [1.29, 1.82) is 0 Å². The summed E-state index contributed by atoms with van der Waals surface area (Å²) in [6, 6.07) is 0. The molecule has 0 aromatic carbocycles. The van der Waals surface area contributed by atoms with E-state index >= 15 is 0 Å². The number of esters is 1. The molecule has 4 saturated carbocycles. The summed E-state index contributed by atoms with van der Waals surface area (Å²) in [5.74, 6) is -2.01. The fraction of sp³-hybridized carbons (Fsp3) is 0.789. The number of rotatable bonds is 1. The molecule has 1 aliphatic heterocycles. The lowest BCUT2D eigenvalue weighted by Gasteiger charge is -2.44. The number of ether oxygens (including phenoxy) is 1. The first-order chi connectivity index (χ1) is 11.3. The van der Waals surface area contributed by atoms with E-state index in [2.05, 4.69) is 6.58 Å². The van der Waals surface area contributed by atoms with Crippen LogP contribution in [0.4, 0.5) is 0 Å². The van der Waals surface area contributed by atoms with Gasteiger partial charge in [-0.3, -0.25) is 9.59 Å². The Morgan fingerprint density at radius 1 is 1.33 bits per heavy atom. The minimum Gasteiger partial charge on any atom is -0.481 e. The fourth-order valence-corrected chi connectivity index (χ4v) is 7.72. The number of hydrogen-bond acceptors (Lipinski definition) is 4. The molecule has 1 saturated heterocycles. The van der Waals surface area contributed by atoms with Gasteiger partial charge in [0.25, 0.3) is 0 Å². The van der Waals surface area contributed by atoms with Crippen molar-refractivity contribution in [3.63, 3.8) is 0 Å². The molecule has 1 heterocycles. The molecular formula is C19H24O5. The van der Waals surface area contributed by atoms with Crippen LogP contribution in [-0.2, 0) is 14.3 Å². The third kappa shape index (κ3) is 1.26. The van der Waals surface area contributed by atoms with Crippen molar-refractivity contribution in [1.82, 2.24) is 0 Å². The van der Waals surface area contributed by atoms with Crippen LogP contribution in [0.25, 0.3) is 0 Å². The third-order valence-electron chi connectivity index (χ3n) is 8.43. The van der Waals surface area contributed by atoms with Crippen molar-refractivity contribution >= 4 is 11.9 Å². The highest BCUT2D eigenvalue weighted by atomic mass is 16.6. The molecule has 5 heteroatoms. The predicted octanol–water partition coefficient (Wildman–Crippen LogP) is 2.14. The highest BCUT2D eigenvalue weighted by Gasteiger charge is 2.83. The summed E-state index contributed by atoms with van der Waals surface area (Å²) in [6.45, 7) is 5.97. The van der Waals surface area contributed by atoms with Crippen molar-refractivity contribution in [3.8, 4) is 0 Å². The Morgan fingerprint density at radius 2 is 2.08 bits per heavy atom. The normalized spacial score (nSPS) is 57.5. The number of hydrogen-bond donors (Lipinski definition) is 2. The van der Waals surface area contributed by atoms with Crippen molar-refractivity contribution in [2.45, 2.75) is 57.2 Å². The zero-order valence-electron chi connectivity index (χ0n) is 14.0. The zero-order valence-corrected chi connectivity index (χ0v) is 14.0. The molecule has 0 aromatic rings. The molecule has 5 fully saturated rings. The number of aliphatic hydroxyl groups is 1. The Hall–Kier alpha value is -1.36. The second-order valence-electron chi connectivity index (χ2n) is 9.03. The van der Waals surface area contributed by atoms with Gasteiger partial charge in [-0.2, -0.15) is 0 Å². The zero-order chi connectivity index (χ0) is 17.1. The van der Waals surface area contributed by atoms with Gasteiger partial charge >= 0.3 is 11.9 Å². The van der Waals surface area contributed by atoms with E-state index in [4.69, 9.17) is 4.74 Å². The maximum atomic E-state index is 12.7. The van der Waals surface area contributed by atoms with Crippen molar-refractivity contribution in [3.05, 3.63) is 12.2 Å². The Labute approximate surface area is 141 Å². The fourth-order valence-electron chi connectivity index (χ4n) is 7.72. The van der Waals surface area contributed by atoms with Crippen molar-refractivity contribution in [2.24, 2.45) is 34.5 Å². The van der Waals surface area contributed by atoms with Gasteiger partial charge < -0.3 is 14.9 Å². The Kier molecular flexibility index (Phi) is 2.53. The lowest BCUT2D eigenvalue weighted by Crippen LogP contribution is -2.48. The van der Waals surface area contributed by atoms with Gasteiger partial charge in [0.1, 0.15) is 5.60 Å². The van der Waals surface area contributed by atoms with Crippen LogP contribution in [0.5, 0.6) is 0 Å². The van der Waals surface area contributed by atoms with Crippen LogP contribution < -0.4 is 0 Å². The standard InChI is InChI=1S/C19H24O5/c1-9-10-4-5-11-18(8-10,14(9)20)12(15(21)22)13-17(2)6-3-7-19(11,13)24-16(17)23/h10-14,20H,1,3-8H2,2H3,(H,21,22). The molecule has 24 heavy (non-hydrogen) atoms. The Balaban J connectivity index is 1.78.